The number of carboxylic acids is 1. The molecule has 0 aromatic heterocycles. The largest absolute Gasteiger partial charge is 0.491 e. The van der Waals surface area contributed by atoms with E-state index in [0.29, 0.717) is 45.9 Å². The number of unbranched alkanes of at least 4 members (excludes halogenated alkanes) is 1. The van der Waals surface area contributed by atoms with Crippen molar-refractivity contribution in [1.29, 1.82) is 0 Å². The Morgan fingerprint density at radius 1 is 0.800 bits per heavy atom. The molecule has 0 bridgehead atoms. The second-order valence-electron chi connectivity index (χ2n) is 5.21. The van der Waals surface area contributed by atoms with E-state index in [1.807, 2.05) is 30.3 Å². The van der Waals surface area contributed by atoms with Crippen LogP contribution in [0.2, 0.25) is 0 Å². The van der Waals surface area contributed by atoms with Crippen molar-refractivity contribution >= 4 is 11.9 Å². The molecule has 0 amide bonds. The van der Waals surface area contributed by atoms with Crippen LogP contribution in [0.25, 0.3) is 0 Å². The molecule has 140 valence electrons. The summed E-state index contributed by atoms with van der Waals surface area (Å²) in [7, 11) is 0. The minimum Gasteiger partial charge on any atom is -0.491 e. The highest BCUT2D eigenvalue weighted by Crippen LogP contribution is 2.07. The lowest BCUT2D eigenvalue weighted by Crippen LogP contribution is -2.14. The summed E-state index contributed by atoms with van der Waals surface area (Å²) in [5, 5.41) is 8.47. The Kier molecular flexibility index (Phi) is 11.9. The predicted molar refractivity (Wildman–Crippen MR) is 90.6 cm³/mol. The molecule has 0 aliphatic carbocycles. The topological polar surface area (TPSA) is 91.3 Å². The number of hydrogen-bond acceptors (Lipinski definition) is 6. The Hall–Kier alpha value is -2.12. The summed E-state index contributed by atoms with van der Waals surface area (Å²) >= 11 is 0. The average Bonchev–Trinajstić information content (AvgIpc) is 2.61. The number of esters is 1. The lowest BCUT2D eigenvalue weighted by Gasteiger charge is -2.08. The van der Waals surface area contributed by atoms with Crippen molar-refractivity contribution in [3.63, 3.8) is 0 Å². The monoisotopic (exact) mass is 354 g/mol. The Balaban J connectivity index is 1.81. The quantitative estimate of drug-likeness (QED) is 0.382. The minimum atomic E-state index is -0.851. The van der Waals surface area contributed by atoms with Crippen LogP contribution in [0.3, 0.4) is 0 Å². The van der Waals surface area contributed by atoms with Gasteiger partial charge in [-0.25, -0.2) is 0 Å². The summed E-state index contributed by atoms with van der Waals surface area (Å²) in [6.45, 7) is 2.31. The Bertz CT molecular complexity index is 476. The number of carboxylic acid groups (broad SMARTS) is 1. The molecule has 0 spiro atoms. The third-order valence-electron chi connectivity index (χ3n) is 3.12. The van der Waals surface area contributed by atoms with E-state index in [-0.39, 0.29) is 25.4 Å². The maximum absolute atomic E-state index is 11.3. The molecule has 1 rings (SSSR count). The van der Waals surface area contributed by atoms with Gasteiger partial charge in [0.2, 0.25) is 0 Å². The first-order valence-corrected chi connectivity index (χ1v) is 8.39. The molecule has 7 nitrogen and oxygen atoms in total. The van der Waals surface area contributed by atoms with Crippen molar-refractivity contribution in [2.24, 2.45) is 0 Å². The Morgan fingerprint density at radius 3 is 2.08 bits per heavy atom. The molecule has 0 saturated carbocycles. The molecular formula is C18H26O7. The van der Waals surface area contributed by atoms with Gasteiger partial charge >= 0.3 is 11.9 Å². The first-order chi connectivity index (χ1) is 12.2. The maximum atomic E-state index is 11.3. The molecule has 0 aliphatic rings. The van der Waals surface area contributed by atoms with E-state index in [9.17, 15) is 9.59 Å². The molecule has 1 aromatic carbocycles. The summed E-state index contributed by atoms with van der Waals surface area (Å²) in [5.41, 5.74) is 0. The van der Waals surface area contributed by atoms with Crippen LogP contribution in [0.1, 0.15) is 25.7 Å². The van der Waals surface area contributed by atoms with Crippen molar-refractivity contribution in [3.05, 3.63) is 30.3 Å². The number of rotatable bonds is 15. The first kappa shape index (κ1) is 20.9. The highest BCUT2D eigenvalue weighted by molar-refractivity contribution is 5.69. The van der Waals surface area contributed by atoms with E-state index >= 15 is 0 Å². The van der Waals surface area contributed by atoms with Gasteiger partial charge in [0, 0.05) is 12.8 Å². The molecule has 0 radical (unpaired) electrons. The number of benzene rings is 1. The number of carbonyl (C=O) groups is 2. The predicted octanol–water partition coefficient (Wildman–Crippen LogP) is 2.29. The number of para-hydroxylation sites is 1. The summed E-state index contributed by atoms with van der Waals surface area (Å²) in [4.78, 5) is 21.7. The number of carbonyl (C=O) groups excluding carboxylic acids is 1. The van der Waals surface area contributed by atoms with Crippen molar-refractivity contribution < 1.29 is 33.6 Å². The highest BCUT2D eigenvalue weighted by Gasteiger charge is 2.04. The zero-order valence-electron chi connectivity index (χ0n) is 14.4. The third kappa shape index (κ3) is 12.9. The van der Waals surface area contributed by atoms with Gasteiger partial charge in [0.05, 0.1) is 26.4 Å². The van der Waals surface area contributed by atoms with Crippen molar-refractivity contribution in [3.8, 4) is 5.75 Å². The van der Waals surface area contributed by atoms with Crippen LogP contribution >= 0.6 is 0 Å². The number of hydrogen-bond donors (Lipinski definition) is 1. The molecule has 0 unspecified atom stereocenters. The molecule has 0 heterocycles. The average molecular weight is 354 g/mol. The molecule has 0 saturated heterocycles. The molecule has 7 heteroatoms. The summed E-state index contributed by atoms with van der Waals surface area (Å²) in [5.74, 6) is -0.369. The van der Waals surface area contributed by atoms with Gasteiger partial charge in [-0.3, -0.25) is 9.59 Å². The zero-order chi connectivity index (χ0) is 18.2. The smallest absolute Gasteiger partial charge is 0.305 e. The lowest BCUT2D eigenvalue weighted by atomic mass is 10.2. The van der Waals surface area contributed by atoms with Gasteiger partial charge < -0.3 is 24.1 Å². The SMILES string of the molecule is O=C(O)CCCCC(=O)OCCOCCOCCOc1ccccc1. The van der Waals surface area contributed by atoms with Crippen LogP contribution in [0, 0.1) is 0 Å². The number of ether oxygens (including phenoxy) is 4. The van der Waals surface area contributed by atoms with Crippen LogP contribution in [0.5, 0.6) is 5.75 Å². The van der Waals surface area contributed by atoms with E-state index in [4.69, 9.17) is 24.1 Å². The van der Waals surface area contributed by atoms with Crippen LogP contribution in [-0.4, -0.2) is 56.7 Å². The molecule has 0 fully saturated rings. The van der Waals surface area contributed by atoms with Crippen molar-refractivity contribution in [2.75, 3.05) is 39.6 Å². The number of aliphatic carboxylic acids is 1. The van der Waals surface area contributed by atoms with Crippen LogP contribution in [0.4, 0.5) is 0 Å². The summed E-state index contributed by atoms with van der Waals surface area (Å²) in [6, 6.07) is 9.52. The normalized spacial score (nSPS) is 10.4. The molecule has 1 aromatic rings. The van der Waals surface area contributed by atoms with Crippen LogP contribution < -0.4 is 4.74 Å². The fraction of sp³-hybridized carbons (Fsp3) is 0.556. The second kappa shape index (κ2) is 14.2. The minimum absolute atomic E-state index is 0.0762. The third-order valence-corrected chi connectivity index (χ3v) is 3.12. The van der Waals surface area contributed by atoms with E-state index < -0.39 is 5.97 Å². The fourth-order valence-electron chi connectivity index (χ4n) is 1.89. The first-order valence-electron chi connectivity index (χ1n) is 8.39. The fourth-order valence-corrected chi connectivity index (χ4v) is 1.89. The van der Waals surface area contributed by atoms with E-state index in [2.05, 4.69) is 0 Å². The lowest BCUT2D eigenvalue weighted by molar-refractivity contribution is -0.146. The molecular weight excluding hydrogens is 328 g/mol. The summed E-state index contributed by atoms with van der Waals surface area (Å²) < 4.78 is 21.1. The van der Waals surface area contributed by atoms with E-state index in [0.717, 1.165) is 5.75 Å². The van der Waals surface area contributed by atoms with Gasteiger partial charge in [-0.1, -0.05) is 18.2 Å². The highest BCUT2D eigenvalue weighted by atomic mass is 16.6. The Labute approximate surface area is 147 Å². The van der Waals surface area contributed by atoms with Crippen LogP contribution in [0.15, 0.2) is 30.3 Å². The molecule has 25 heavy (non-hydrogen) atoms. The van der Waals surface area contributed by atoms with Crippen molar-refractivity contribution in [1.82, 2.24) is 0 Å². The molecule has 1 N–H and O–H groups in total. The van der Waals surface area contributed by atoms with Gasteiger partial charge in [-0.2, -0.15) is 0 Å². The van der Waals surface area contributed by atoms with Gasteiger partial charge in [0.25, 0.3) is 0 Å². The van der Waals surface area contributed by atoms with Crippen molar-refractivity contribution in [2.45, 2.75) is 25.7 Å². The van der Waals surface area contributed by atoms with Crippen LogP contribution in [-0.2, 0) is 23.8 Å². The summed E-state index contributed by atoms with van der Waals surface area (Å²) in [6.07, 6.45) is 1.31. The van der Waals surface area contributed by atoms with E-state index in [1.165, 1.54) is 0 Å². The van der Waals surface area contributed by atoms with Gasteiger partial charge in [-0.05, 0) is 25.0 Å². The molecule has 0 aliphatic heterocycles. The maximum Gasteiger partial charge on any atom is 0.305 e. The van der Waals surface area contributed by atoms with Gasteiger partial charge in [-0.15, -0.1) is 0 Å². The zero-order valence-corrected chi connectivity index (χ0v) is 14.4. The van der Waals surface area contributed by atoms with Gasteiger partial charge in [0.1, 0.15) is 19.0 Å². The van der Waals surface area contributed by atoms with E-state index in [1.54, 1.807) is 0 Å². The second-order valence-corrected chi connectivity index (χ2v) is 5.21. The van der Waals surface area contributed by atoms with Gasteiger partial charge in [0.15, 0.2) is 0 Å². The standard InChI is InChI=1S/C18H26O7/c19-17(20)8-4-5-9-18(21)25-15-13-23-11-10-22-12-14-24-16-6-2-1-3-7-16/h1-3,6-7H,4-5,8-15H2,(H,19,20). The molecule has 0 atom stereocenters. The Morgan fingerprint density at radius 2 is 1.40 bits per heavy atom.